The first-order chi connectivity index (χ1) is 12.1. The minimum Gasteiger partial charge on any atom is -0.368 e. The van der Waals surface area contributed by atoms with E-state index in [1.54, 1.807) is 4.90 Å². The van der Waals surface area contributed by atoms with Gasteiger partial charge in [0.1, 0.15) is 0 Å². The summed E-state index contributed by atoms with van der Waals surface area (Å²) in [5.74, 6) is 0.123. The molecule has 1 aliphatic heterocycles. The van der Waals surface area contributed by atoms with E-state index in [2.05, 4.69) is 15.9 Å². The van der Waals surface area contributed by atoms with Gasteiger partial charge < -0.3 is 9.80 Å². The molecule has 2 aromatic carbocycles. The van der Waals surface area contributed by atoms with Crippen LogP contribution in [0.25, 0.3) is 0 Å². The van der Waals surface area contributed by atoms with Crippen LogP contribution in [0.5, 0.6) is 0 Å². The molecule has 132 valence electrons. The predicted molar refractivity (Wildman–Crippen MR) is 105 cm³/mol. The Kier molecular flexibility index (Phi) is 5.61. The summed E-state index contributed by atoms with van der Waals surface area (Å²) in [6.45, 7) is 5.43. The van der Waals surface area contributed by atoms with E-state index in [4.69, 9.17) is 11.6 Å². The van der Waals surface area contributed by atoms with Crippen LogP contribution in [0.1, 0.15) is 6.92 Å². The molecule has 0 N–H and O–H groups in total. The Morgan fingerprint density at radius 3 is 2.24 bits per heavy atom. The van der Waals surface area contributed by atoms with Gasteiger partial charge in [0, 0.05) is 38.9 Å². The number of likely N-dealkylation sites (N-methyl/N-ethyl adjacent to an activating group) is 1. The standard InChI is InChI=1S/C20H24ClN3O/c1-16(20(25)22(2)17-8-4-3-5-9-17)23-12-14-24(15-13-23)19-11-7-6-10-18(19)21/h3-11,16H,12-15H2,1-2H3. The van der Waals surface area contributed by atoms with E-state index in [0.717, 1.165) is 42.6 Å². The number of halogens is 1. The lowest BCUT2D eigenvalue weighted by atomic mass is 10.1. The molecule has 1 unspecified atom stereocenters. The second-order valence-electron chi connectivity index (χ2n) is 6.38. The highest BCUT2D eigenvalue weighted by Gasteiger charge is 2.28. The summed E-state index contributed by atoms with van der Waals surface area (Å²) in [6, 6.07) is 17.6. The lowest BCUT2D eigenvalue weighted by molar-refractivity contribution is -0.123. The Morgan fingerprint density at radius 2 is 1.60 bits per heavy atom. The van der Waals surface area contributed by atoms with Crippen molar-refractivity contribution < 1.29 is 4.79 Å². The van der Waals surface area contributed by atoms with Gasteiger partial charge >= 0.3 is 0 Å². The van der Waals surface area contributed by atoms with Gasteiger partial charge in [0.15, 0.2) is 0 Å². The zero-order chi connectivity index (χ0) is 17.8. The van der Waals surface area contributed by atoms with Gasteiger partial charge in [-0.05, 0) is 31.2 Å². The van der Waals surface area contributed by atoms with Gasteiger partial charge in [-0.25, -0.2) is 0 Å². The summed E-state index contributed by atoms with van der Waals surface area (Å²) in [7, 11) is 1.84. The van der Waals surface area contributed by atoms with Crippen LogP contribution in [0.15, 0.2) is 54.6 Å². The van der Waals surface area contributed by atoms with E-state index < -0.39 is 0 Å². The van der Waals surface area contributed by atoms with Crippen molar-refractivity contribution in [3.8, 4) is 0 Å². The minimum atomic E-state index is -0.140. The summed E-state index contributed by atoms with van der Waals surface area (Å²) < 4.78 is 0. The maximum absolute atomic E-state index is 12.8. The second kappa shape index (κ2) is 7.89. The fourth-order valence-corrected chi connectivity index (χ4v) is 3.53. The van der Waals surface area contributed by atoms with Crippen LogP contribution in [0.4, 0.5) is 11.4 Å². The Balaban J connectivity index is 1.61. The molecule has 0 aromatic heterocycles. The third kappa shape index (κ3) is 3.97. The lowest BCUT2D eigenvalue weighted by Gasteiger charge is -2.39. The van der Waals surface area contributed by atoms with Gasteiger partial charge in [-0.2, -0.15) is 0 Å². The van der Waals surface area contributed by atoms with E-state index >= 15 is 0 Å². The monoisotopic (exact) mass is 357 g/mol. The minimum absolute atomic E-state index is 0.123. The number of hydrogen-bond donors (Lipinski definition) is 0. The van der Waals surface area contributed by atoms with Crippen molar-refractivity contribution in [3.05, 3.63) is 59.6 Å². The van der Waals surface area contributed by atoms with Gasteiger partial charge in [-0.1, -0.05) is 41.9 Å². The molecule has 1 amide bonds. The van der Waals surface area contributed by atoms with Crippen LogP contribution in [0, 0.1) is 0 Å². The van der Waals surface area contributed by atoms with Crippen molar-refractivity contribution in [3.63, 3.8) is 0 Å². The molecule has 2 aromatic rings. The number of carbonyl (C=O) groups excluding carboxylic acids is 1. The Morgan fingerprint density at radius 1 is 1.00 bits per heavy atom. The van der Waals surface area contributed by atoms with E-state index in [1.807, 2.05) is 62.5 Å². The maximum Gasteiger partial charge on any atom is 0.243 e. The highest BCUT2D eigenvalue weighted by Crippen LogP contribution is 2.26. The fourth-order valence-electron chi connectivity index (χ4n) is 3.27. The summed E-state index contributed by atoms with van der Waals surface area (Å²) in [5.41, 5.74) is 2.00. The molecular formula is C20H24ClN3O. The molecule has 5 heteroatoms. The molecule has 0 spiro atoms. The predicted octanol–water partition coefficient (Wildman–Crippen LogP) is 3.51. The van der Waals surface area contributed by atoms with Gasteiger partial charge in [-0.3, -0.25) is 9.69 Å². The summed E-state index contributed by atoms with van der Waals surface area (Å²) in [4.78, 5) is 19.1. The first kappa shape index (κ1) is 17.8. The van der Waals surface area contributed by atoms with Gasteiger partial charge in [0.2, 0.25) is 5.91 Å². The number of hydrogen-bond acceptors (Lipinski definition) is 3. The molecule has 3 rings (SSSR count). The smallest absolute Gasteiger partial charge is 0.243 e. The highest BCUT2D eigenvalue weighted by molar-refractivity contribution is 6.33. The molecule has 1 atom stereocenters. The third-order valence-corrected chi connectivity index (χ3v) is 5.21. The van der Waals surface area contributed by atoms with Crippen molar-refractivity contribution in [1.82, 2.24) is 4.90 Å². The number of rotatable bonds is 4. The van der Waals surface area contributed by atoms with Crippen LogP contribution in [0.2, 0.25) is 5.02 Å². The van der Waals surface area contributed by atoms with E-state index in [9.17, 15) is 4.79 Å². The molecule has 1 heterocycles. The molecular weight excluding hydrogens is 334 g/mol. The number of anilines is 2. The van der Waals surface area contributed by atoms with Crippen LogP contribution < -0.4 is 9.80 Å². The summed E-state index contributed by atoms with van der Waals surface area (Å²) in [5, 5.41) is 0.781. The fraction of sp³-hybridized carbons (Fsp3) is 0.350. The normalized spacial score (nSPS) is 16.5. The van der Waals surface area contributed by atoms with Gasteiger partial charge in [-0.15, -0.1) is 0 Å². The zero-order valence-electron chi connectivity index (χ0n) is 14.7. The molecule has 4 nitrogen and oxygen atoms in total. The number of nitrogens with zero attached hydrogens (tertiary/aromatic N) is 3. The van der Waals surface area contributed by atoms with Crippen molar-refractivity contribution in [2.24, 2.45) is 0 Å². The highest BCUT2D eigenvalue weighted by atomic mass is 35.5. The number of piperazine rings is 1. The average Bonchev–Trinajstić information content (AvgIpc) is 2.67. The second-order valence-corrected chi connectivity index (χ2v) is 6.79. The molecule has 0 bridgehead atoms. The molecule has 1 saturated heterocycles. The van der Waals surface area contributed by atoms with Crippen LogP contribution in [-0.4, -0.2) is 50.1 Å². The molecule has 0 saturated carbocycles. The Bertz CT molecular complexity index is 714. The Hall–Kier alpha value is -2.04. The Labute approximate surface area is 154 Å². The molecule has 0 radical (unpaired) electrons. The molecule has 0 aliphatic carbocycles. The zero-order valence-corrected chi connectivity index (χ0v) is 15.5. The van der Waals surface area contributed by atoms with Crippen LogP contribution in [0.3, 0.4) is 0 Å². The molecule has 1 aliphatic rings. The number of benzene rings is 2. The van der Waals surface area contributed by atoms with E-state index in [-0.39, 0.29) is 11.9 Å². The lowest BCUT2D eigenvalue weighted by Crippen LogP contribution is -2.54. The molecule has 1 fully saturated rings. The SMILES string of the molecule is CC(C(=O)N(C)c1ccccc1)N1CCN(c2ccccc2Cl)CC1. The third-order valence-electron chi connectivity index (χ3n) is 4.89. The van der Waals surface area contributed by atoms with Crippen LogP contribution >= 0.6 is 11.6 Å². The van der Waals surface area contributed by atoms with Crippen molar-refractivity contribution in [2.75, 3.05) is 43.0 Å². The summed E-state index contributed by atoms with van der Waals surface area (Å²) >= 11 is 6.30. The van der Waals surface area contributed by atoms with Crippen molar-refractivity contribution in [1.29, 1.82) is 0 Å². The number of carbonyl (C=O) groups is 1. The van der Waals surface area contributed by atoms with Crippen molar-refractivity contribution >= 4 is 28.9 Å². The molecule has 25 heavy (non-hydrogen) atoms. The van der Waals surface area contributed by atoms with E-state index in [0.29, 0.717) is 0 Å². The number of para-hydroxylation sites is 2. The first-order valence-corrected chi connectivity index (χ1v) is 9.02. The average molecular weight is 358 g/mol. The van der Waals surface area contributed by atoms with E-state index in [1.165, 1.54) is 0 Å². The quantitative estimate of drug-likeness (QED) is 0.837. The van der Waals surface area contributed by atoms with Crippen LogP contribution in [-0.2, 0) is 4.79 Å². The summed E-state index contributed by atoms with van der Waals surface area (Å²) in [6.07, 6.45) is 0. The first-order valence-electron chi connectivity index (χ1n) is 8.64. The van der Waals surface area contributed by atoms with Gasteiger partial charge in [0.25, 0.3) is 0 Å². The maximum atomic E-state index is 12.8. The van der Waals surface area contributed by atoms with Gasteiger partial charge in [0.05, 0.1) is 16.8 Å². The topological polar surface area (TPSA) is 26.8 Å². The van der Waals surface area contributed by atoms with Crippen molar-refractivity contribution in [2.45, 2.75) is 13.0 Å². The largest absolute Gasteiger partial charge is 0.368 e. The number of amides is 1.